The third-order valence-electron chi connectivity index (χ3n) is 4.78. The number of fused-ring (bicyclic) bond motifs is 1. The van der Waals surface area contributed by atoms with Crippen LogP contribution in [0.4, 0.5) is 4.39 Å². The zero-order chi connectivity index (χ0) is 17.2. The van der Waals surface area contributed by atoms with Crippen LogP contribution in [0.5, 0.6) is 0 Å². The van der Waals surface area contributed by atoms with Crippen LogP contribution in [-0.4, -0.2) is 33.3 Å². The number of carbonyl (C=O) groups is 1. The second kappa shape index (κ2) is 6.67. The van der Waals surface area contributed by atoms with Crippen LogP contribution in [-0.2, 0) is 11.2 Å². The summed E-state index contributed by atoms with van der Waals surface area (Å²) in [5.41, 5.74) is 3.52. The molecule has 1 saturated heterocycles. The Kier molecular flexibility index (Phi) is 4.22. The lowest BCUT2D eigenvalue weighted by atomic mass is 10.1. The highest BCUT2D eigenvalue weighted by Gasteiger charge is 2.20. The van der Waals surface area contributed by atoms with Crippen molar-refractivity contribution in [3.63, 3.8) is 0 Å². The van der Waals surface area contributed by atoms with Crippen LogP contribution in [0.2, 0.25) is 0 Å². The summed E-state index contributed by atoms with van der Waals surface area (Å²) in [6.45, 7) is 1.74. The molecule has 3 heterocycles. The maximum absolute atomic E-state index is 13.3. The number of aromatic nitrogens is 2. The lowest BCUT2D eigenvalue weighted by Gasteiger charge is -2.15. The SMILES string of the molecule is O=C(CCc1c(-c2ccc(F)cc2)nc2ccccn12)N1CCCC1. The molecule has 0 bridgehead atoms. The number of benzene rings is 1. The normalized spacial score (nSPS) is 14.4. The van der Waals surface area contributed by atoms with Crippen LogP contribution in [0.15, 0.2) is 48.7 Å². The first-order valence-corrected chi connectivity index (χ1v) is 8.72. The van der Waals surface area contributed by atoms with Crippen LogP contribution >= 0.6 is 0 Å². The van der Waals surface area contributed by atoms with E-state index in [1.165, 1.54) is 12.1 Å². The van der Waals surface area contributed by atoms with E-state index in [-0.39, 0.29) is 11.7 Å². The van der Waals surface area contributed by atoms with Gasteiger partial charge in [-0.3, -0.25) is 4.79 Å². The Morgan fingerprint density at radius 2 is 1.84 bits per heavy atom. The molecule has 0 radical (unpaired) electrons. The second-order valence-corrected chi connectivity index (χ2v) is 6.43. The zero-order valence-corrected chi connectivity index (χ0v) is 14.0. The van der Waals surface area contributed by atoms with Crippen LogP contribution in [0, 0.1) is 5.82 Å². The smallest absolute Gasteiger partial charge is 0.222 e. The fraction of sp³-hybridized carbons (Fsp3) is 0.300. The molecule has 0 spiro atoms. The average molecular weight is 337 g/mol. The van der Waals surface area contributed by atoms with E-state index in [1.807, 2.05) is 33.7 Å². The molecule has 1 aromatic carbocycles. The summed E-state index contributed by atoms with van der Waals surface area (Å²) in [5, 5.41) is 0. The van der Waals surface area contributed by atoms with Gasteiger partial charge in [-0.25, -0.2) is 9.37 Å². The lowest BCUT2D eigenvalue weighted by molar-refractivity contribution is -0.130. The molecule has 5 heteroatoms. The van der Waals surface area contributed by atoms with Crippen molar-refractivity contribution in [2.45, 2.75) is 25.7 Å². The number of aryl methyl sites for hydroxylation is 1. The minimum Gasteiger partial charge on any atom is -0.343 e. The average Bonchev–Trinajstić information content (AvgIpc) is 3.28. The number of halogens is 1. The summed E-state index contributed by atoms with van der Waals surface area (Å²) in [6.07, 6.45) is 5.25. The highest BCUT2D eigenvalue weighted by atomic mass is 19.1. The van der Waals surface area contributed by atoms with Gasteiger partial charge in [-0.1, -0.05) is 6.07 Å². The minimum absolute atomic E-state index is 0.202. The molecule has 25 heavy (non-hydrogen) atoms. The summed E-state index contributed by atoms with van der Waals surface area (Å²) < 4.78 is 15.3. The molecule has 1 aliphatic heterocycles. The van der Waals surface area contributed by atoms with E-state index in [4.69, 9.17) is 4.98 Å². The molecule has 1 fully saturated rings. The van der Waals surface area contributed by atoms with Crippen molar-refractivity contribution in [2.24, 2.45) is 0 Å². The van der Waals surface area contributed by atoms with Crippen molar-refractivity contribution in [3.8, 4) is 11.3 Å². The number of nitrogens with zero attached hydrogens (tertiary/aromatic N) is 3. The number of rotatable bonds is 4. The summed E-state index contributed by atoms with van der Waals surface area (Å²) in [5.74, 6) is -0.0632. The Morgan fingerprint density at radius 1 is 1.08 bits per heavy atom. The molecular formula is C20H20FN3O. The lowest BCUT2D eigenvalue weighted by Crippen LogP contribution is -2.27. The first-order chi connectivity index (χ1) is 12.2. The number of hydrogen-bond donors (Lipinski definition) is 0. The van der Waals surface area contributed by atoms with Crippen LogP contribution < -0.4 is 0 Å². The topological polar surface area (TPSA) is 37.6 Å². The molecule has 0 unspecified atom stereocenters. The van der Waals surface area contributed by atoms with Gasteiger partial charge in [0.25, 0.3) is 0 Å². The quantitative estimate of drug-likeness (QED) is 0.728. The molecule has 4 nitrogen and oxygen atoms in total. The predicted octanol–water partition coefficient (Wildman–Crippen LogP) is 3.70. The summed E-state index contributed by atoms with van der Waals surface area (Å²) in [4.78, 5) is 19.1. The van der Waals surface area contributed by atoms with E-state index >= 15 is 0 Å². The van der Waals surface area contributed by atoms with Crippen molar-refractivity contribution < 1.29 is 9.18 Å². The molecule has 0 saturated carbocycles. The first kappa shape index (κ1) is 15.8. The molecule has 128 valence electrons. The number of amides is 1. The maximum atomic E-state index is 13.3. The fourth-order valence-electron chi connectivity index (χ4n) is 3.47. The number of likely N-dealkylation sites (tertiary alicyclic amines) is 1. The van der Waals surface area contributed by atoms with Gasteiger partial charge in [-0.15, -0.1) is 0 Å². The Morgan fingerprint density at radius 3 is 2.60 bits per heavy atom. The van der Waals surface area contributed by atoms with Gasteiger partial charge < -0.3 is 9.30 Å². The number of imidazole rings is 1. The summed E-state index contributed by atoms with van der Waals surface area (Å²) in [7, 11) is 0. The predicted molar refractivity (Wildman–Crippen MR) is 94.7 cm³/mol. The van der Waals surface area contributed by atoms with E-state index in [9.17, 15) is 9.18 Å². The molecule has 0 N–H and O–H groups in total. The molecular weight excluding hydrogens is 317 g/mol. The van der Waals surface area contributed by atoms with Crippen LogP contribution in [0.1, 0.15) is 25.0 Å². The highest BCUT2D eigenvalue weighted by Crippen LogP contribution is 2.26. The van der Waals surface area contributed by atoms with Crippen LogP contribution in [0.25, 0.3) is 16.9 Å². The fourth-order valence-corrected chi connectivity index (χ4v) is 3.47. The van der Waals surface area contributed by atoms with Gasteiger partial charge in [-0.2, -0.15) is 0 Å². The molecule has 0 aliphatic carbocycles. The monoisotopic (exact) mass is 337 g/mol. The highest BCUT2D eigenvalue weighted by molar-refractivity contribution is 5.77. The van der Waals surface area contributed by atoms with E-state index in [1.54, 1.807) is 12.1 Å². The number of hydrogen-bond acceptors (Lipinski definition) is 2. The van der Waals surface area contributed by atoms with E-state index in [0.29, 0.717) is 12.8 Å². The van der Waals surface area contributed by atoms with Crippen LogP contribution in [0.3, 0.4) is 0 Å². The van der Waals surface area contributed by atoms with Crippen molar-refractivity contribution in [2.75, 3.05) is 13.1 Å². The van der Waals surface area contributed by atoms with E-state index in [2.05, 4.69) is 0 Å². The molecule has 4 rings (SSSR count). The van der Waals surface area contributed by atoms with Crippen molar-refractivity contribution in [1.29, 1.82) is 0 Å². The molecule has 1 amide bonds. The van der Waals surface area contributed by atoms with Crippen molar-refractivity contribution in [1.82, 2.24) is 14.3 Å². The largest absolute Gasteiger partial charge is 0.343 e. The molecule has 1 aliphatic rings. The Bertz CT molecular complexity index is 895. The van der Waals surface area contributed by atoms with Gasteiger partial charge >= 0.3 is 0 Å². The summed E-state index contributed by atoms with van der Waals surface area (Å²) >= 11 is 0. The van der Waals surface area contributed by atoms with Gasteiger partial charge in [0.15, 0.2) is 0 Å². The second-order valence-electron chi connectivity index (χ2n) is 6.43. The summed E-state index contributed by atoms with van der Waals surface area (Å²) in [6, 6.07) is 12.2. The Balaban J connectivity index is 1.67. The third kappa shape index (κ3) is 3.14. The maximum Gasteiger partial charge on any atom is 0.222 e. The van der Waals surface area contributed by atoms with Gasteiger partial charge in [0.1, 0.15) is 11.5 Å². The first-order valence-electron chi connectivity index (χ1n) is 8.72. The van der Waals surface area contributed by atoms with Gasteiger partial charge in [0.05, 0.1) is 11.4 Å². The van der Waals surface area contributed by atoms with Gasteiger partial charge in [0.2, 0.25) is 5.91 Å². The Hall–Kier alpha value is -2.69. The number of pyridine rings is 1. The van der Waals surface area contributed by atoms with E-state index in [0.717, 1.165) is 48.5 Å². The van der Waals surface area contributed by atoms with Crippen molar-refractivity contribution >= 4 is 11.6 Å². The molecule has 0 atom stereocenters. The standard InChI is InChI=1S/C20H20FN3O/c21-16-8-6-15(7-9-16)20-17(24-14-2-1-5-18(24)22-20)10-11-19(25)23-12-3-4-13-23/h1-2,5-9,14H,3-4,10-13H2. The van der Waals surface area contributed by atoms with Gasteiger partial charge in [0, 0.05) is 31.3 Å². The number of carbonyl (C=O) groups excluding carboxylic acids is 1. The third-order valence-corrected chi connectivity index (χ3v) is 4.78. The van der Waals surface area contributed by atoms with E-state index < -0.39 is 0 Å². The molecule has 3 aromatic rings. The zero-order valence-electron chi connectivity index (χ0n) is 14.0. The Labute approximate surface area is 145 Å². The molecule has 2 aromatic heterocycles. The minimum atomic E-state index is -0.265. The van der Waals surface area contributed by atoms with Crippen molar-refractivity contribution in [3.05, 3.63) is 60.2 Å². The van der Waals surface area contributed by atoms with Gasteiger partial charge in [-0.05, 0) is 55.7 Å².